The molecule has 1 aromatic rings. The maximum atomic E-state index is 11.9. The molecule has 2 N–H and O–H groups in total. The highest BCUT2D eigenvalue weighted by Crippen LogP contribution is 2.19. The van der Waals surface area contributed by atoms with Crippen molar-refractivity contribution in [2.45, 2.75) is 44.2 Å². The summed E-state index contributed by atoms with van der Waals surface area (Å²) in [4.78, 5) is 11.9. The lowest BCUT2D eigenvalue weighted by Gasteiger charge is -2.25. The number of nitrogens with one attached hydrogen (secondary N) is 2. The van der Waals surface area contributed by atoms with E-state index in [2.05, 4.69) is 20.9 Å². The number of piperidine rings is 1. The normalized spacial score (nSPS) is 20.4. The van der Waals surface area contributed by atoms with E-state index in [0.717, 1.165) is 38.8 Å². The molecule has 6 nitrogen and oxygen atoms in total. The Morgan fingerprint density at radius 1 is 1.32 bits per heavy atom. The van der Waals surface area contributed by atoms with Crippen LogP contribution in [0.4, 0.5) is 0 Å². The fourth-order valence-electron chi connectivity index (χ4n) is 2.44. The van der Waals surface area contributed by atoms with E-state index in [9.17, 15) is 4.79 Å². The number of hydrogen-bond acceptors (Lipinski definition) is 4. The molecule has 0 spiro atoms. The Morgan fingerprint density at radius 3 is 2.68 bits per heavy atom. The summed E-state index contributed by atoms with van der Waals surface area (Å²) in [6, 6.07) is 0.727. The molecular formula is C12H20ClN5O. The Morgan fingerprint density at radius 2 is 2.05 bits per heavy atom. The van der Waals surface area contributed by atoms with E-state index >= 15 is 0 Å². The van der Waals surface area contributed by atoms with E-state index in [1.54, 1.807) is 6.20 Å². The van der Waals surface area contributed by atoms with E-state index < -0.39 is 0 Å². The van der Waals surface area contributed by atoms with Gasteiger partial charge in [0.25, 0.3) is 5.91 Å². The second kappa shape index (κ2) is 6.34. The molecule has 1 aromatic heterocycles. The third-order valence-electron chi connectivity index (χ3n) is 3.87. The summed E-state index contributed by atoms with van der Waals surface area (Å²) in [5.41, 5.74) is 0.445. The van der Waals surface area contributed by atoms with E-state index in [-0.39, 0.29) is 18.3 Å². The zero-order valence-electron chi connectivity index (χ0n) is 10.8. The van der Waals surface area contributed by atoms with Gasteiger partial charge in [-0.05, 0) is 45.2 Å². The first kappa shape index (κ1) is 14.3. The highest BCUT2D eigenvalue weighted by molar-refractivity contribution is 5.92. The van der Waals surface area contributed by atoms with Crippen molar-refractivity contribution in [2.75, 3.05) is 13.1 Å². The number of hydrogen-bond donors (Lipinski definition) is 2. The molecule has 0 atom stereocenters. The Bertz CT molecular complexity index is 426. The van der Waals surface area contributed by atoms with E-state index in [1.165, 1.54) is 6.42 Å². The molecule has 106 valence electrons. The van der Waals surface area contributed by atoms with Gasteiger partial charge in [0.2, 0.25) is 0 Å². The van der Waals surface area contributed by atoms with Crippen LogP contribution in [-0.2, 0) is 0 Å². The molecule has 0 bridgehead atoms. The highest BCUT2D eigenvalue weighted by atomic mass is 35.5. The summed E-state index contributed by atoms with van der Waals surface area (Å²) in [6.07, 6.45) is 7.28. The molecule has 3 rings (SSSR count). The maximum absolute atomic E-state index is 11.9. The fraction of sp³-hybridized carbons (Fsp3) is 0.750. The van der Waals surface area contributed by atoms with Gasteiger partial charge in [-0.3, -0.25) is 4.79 Å². The third kappa shape index (κ3) is 3.25. The Hall–Kier alpha value is -1.14. The largest absolute Gasteiger partial charge is 0.348 e. The lowest BCUT2D eigenvalue weighted by molar-refractivity contribution is 0.0911. The first-order valence-corrected chi connectivity index (χ1v) is 6.76. The SMILES string of the molecule is Cl.O=C(NC1CCC1)c1cn(C2CCNCC2)nn1. The van der Waals surface area contributed by atoms with Gasteiger partial charge in [0.05, 0.1) is 12.2 Å². The average molecular weight is 286 g/mol. The van der Waals surface area contributed by atoms with Crippen molar-refractivity contribution in [1.82, 2.24) is 25.6 Å². The molecular weight excluding hydrogens is 266 g/mol. The Kier molecular flexibility index (Phi) is 4.76. The van der Waals surface area contributed by atoms with Gasteiger partial charge in [-0.1, -0.05) is 5.21 Å². The predicted molar refractivity (Wildman–Crippen MR) is 73.5 cm³/mol. The first-order valence-electron chi connectivity index (χ1n) is 6.76. The number of halogens is 1. The summed E-state index contributed by atoms with van der Waals surface area (Å²) in [6.45, 7) is 2.02. The van der Waals surface area contributed by atoms with Crippen molar-refractivity contribution in [2.24, 2.45) is 0 Å². The molecule has 1 saturated heterocycles. The molecule has 2 aliphatic rings. The first-order chi connectivity index (χ1) is 8.83. The summed E-state index contributed by atoms with van der Waals surface area (Å²) < 4.78 is 1.84. The van der Waals surface area contributed by atoms with Gasteiger partial charge in [-0.25, -0.2) is 4.68 Å². The van der Waals surface area contributed by atoms with Crippen LogP contribution in [0.1, 0.15) is 48.6 Å². The lowest BCUT2D eigenvalue weighted by atomic mass is 9.93. The minimum Gasteiger partial charge on any atom is -0.348 e. The molecule has 1 aliphatic heterocycles. The maximum Gasteiger partial charge on any atom is 0.273 e. The van der Waals surface area contributed by atoms with Crippen LogP contribution in [0.3, 0.4) is 0 Å². The lowest BCUT2D eigenvalue weighted by Crippen LogP contribution is -2.39. The standard InChI is InChI=1S/C12H19N5O.ClH/c18-12(14-9-2-1-3-9)11-8-17(16-15-11)10-4-6-13-7-5-10;/h8-10,13H,1-7H2,(H,14,18);1H. The summed E-state index contributed by atoms with van der Waals surface area (Å²) in [5.74, 6) is -0.0834. The van der Waals surface area contributed by atoms with Gasteiger partial charge in [0.1, 0.15) is 0 Å². The molecule has 1 amide bonds. The summed E-state index contributed by atoms with van der Waals surface area (Å²) in [7, 11) is 0. The molecule has 2 heterocycles. The number of carbonyl (C=O) groups is 1. The topological polar surface area (TPSA) is 71.8 Å². The van der Waals surface area contributed by atoms with Crippen LogP contribution in [-0.4, -0.2) is 40.0 Å². The van der Waals surface area contributed by atoms with Crippen molar-refractivity contribution in [3.05, 3.63) is 11.9 Å². The minimum atomic E-state index is -0.0834. The quantitative estimate of drug-likeness (QED) is 0.866. The monoisotopic (exact) mass is 285 g/mol. The number of carbonyl (C=O) groups excluding carboxylic acids is 1. The van der Waals surface area contributed by atoms with Crippen molar-refractivity contribution >= 4 is 18.3 Å². The van der Waals surface area contributed by atoms with Crippen LogP contribution >= 0.6 is 12.4 Å². The van der Waals surface area contributed by atoms with Gasteiger partial charge >= 0.3 is 0 Å². The van der Waals surface area contributed by atoms with Crippen LogP contribution in [0.5, 0.6) is 0 Å². The zero-order valence-corrected chi connectivity index (χ0v) is 11.7. The smallest absolute Gasteiger partial charge is 0.273 e. The molecule has 1 saturated carbocycles. The van der Waals surface area contributed by atoms with E-state index in [0.29, 0.717) is 17.8 Å². The number of amides is 1. The minimum absolute atomic E-state index is 0. The van der Waals surface area contributed by atoms with Gasteiger partial charge in [0.15, 0.2) is 5.69 Å². The zero-order chi connectivity index (χ0) is 12.4. The molecule has 1 aliphatic carbocycles. The van der Waals surface area contributed by atoms with E-state index in [1.807, 2.05) is 4.68 Å². The number of rotatable bonds is 3. The Labute approximate surface area is 118 Å². The van der Waals surface area contributed by atoms with Crippen molar-refractivity contribution in [1.29, 1.82) is 0 Å². The van der Waals surface area contributed by atoms with Crippen LogP contribution in [0.2, 0.25) is 0 Å². The fourth-order valence-corrected chi connectivity index (χ4v) is 2.44. The molecule has 0 aromatic carbocycles. The van der Waals surface area contributed by atoms with Gasteiger partial charge in [-0.2, -0.15) is 0 Å². The van der Waals surface area contributed by atoms with Gasteiger partial charge in [0, 0.05) is 6.04 Å². The third-order valence-corrected chi connectivity index (χ3v) is 3.87. The number of nitrogens with zero attached hydrogens (tertiary/aromatic N) is 3. The van der Waals surface area contributed by atoms with Crippen molar-refractivity contribution in [3.63, 3.8) is 0 Å². The van der Waals surface area contributed by atoms with Crippen molar-refractivity contribution in [3.8, 4) is 0 Å². The predicted octanol–water partition coefficient (Wildman–Crippen LogP) is 0.907. The van der Waals surface area contributed by atoms with Gasteiger partial charge < -0.3 is 10.6 Å². The van der Waals surface area contributed by atoms with Crippen molar-refractivity contribution < 1.29 is 4.79 Å². The molecule has 7 heteroatoms. The van der Waals surface area contributed by atoms with Crippen LogP contribution in [0.15, 0.2) is 6.20 Å². The molecule has 19 heavy (non-hydrogen) atoms. The summed E-state index contributed by atoms with van der Waals surface area (Å²) in [5, 5.41) is 14.4. The molecule has 2 fully saturated rings. The second-order valence-electron chi connectivity index (χ2n) is 5.17. The average Bonchev–Trinajstić information content (AvgIpc) is 2.84. The van der Waals surface area contributed by atoms with Crippen LogP contribution in [0.25, 0.3) is 0 Å². The van der Waals surface area contributed by atoms with Crippen LogP contribution in [0, 0.1) is 0 Å². The second-order valence-corrected chi connectivity index (χ2v) is 5.17. The molecule has 0 unspecified atom stereocenters. The van der Waals surface area contributed by atoms with E-state index in [4.69, 9.17) is 0 Å². The van der Waals surface area contributed by atoms with Crippen LogP contribution < -0.4 is 10.6 Å². The van der Waals surface area contributed by atoms with Gasteiger partial charge in [-0.15, -0.1) is 17.5 Å². The number of aromatic nitrogens is 3. The Balaban J connectivity index is 0.00000133. The highest BCUT2D eigenvalue weighted by Gasteiger charge is 2.23. The molecule has 0 radical (unpaired) electrons. The summed E-state index contributed by atoms with van der Waals surface area (Å²) >= 11 is 0.